The van der Waals surface area contributed by atoms with Crippen molar-refractivity contribution in [1.29, 1.82) is 0 Å². The molecule has 0 radical (unpaired) electrons. The molecule has 0 aliphatic carbocycles. The zero-order valence-corrected chi connectivity index (χ0v) is 13.0. The number of ether oxygens (including phenoxy) is 1. The van der Waals surface area contributed by atoms with Gasteiger partial charge in [0, 0.05) is 11.3 Å². The summed E-state index contributed by atoms with van der Waals surface area (Å²) >= 11 is 0. The molecule has 7 nitrogen and oxygen atoms in total. The number of rotatable bonds is 2. The number of allylic oxidation sites excluding steroid dienone is 1. The van der Waals surface area contributed by atoms with Crippen molar-refractivity contribution in [3.05, 3.63) is 63.0 Å². The Balaban J connectivity index is 2.32. The van der Waals surface area contributed by atoms with E-state index in [1.54, 1.807) is 13.0 Å². The van der Waals surface area contributed by atoms with Crippen molar-refractivity contribution in [2.24, 2.45) is 0 Å². The minimum Gasteiger partial charge on any atom is -0.466 e. The van der Waals surface area contributed by atoms with Crippen LogP contribution in [0.3, 0.4) is 0 Å². The Morgan fingerprint density at radius 2 is 2.17 bits per heavy atom. The van der Waals surface area contributed by atoms with Crippen LogP contribution in [-0.2, 0) is 9.53 Å². The minimum atomic E-state index is -0.714. The van der Waals surface area contributed by atoms with E-state index in [4.69, 9.17) is 10.5 Å². The Kier molecular flexibility index (Phi) is 3.80. The molecule has 1 atom stereocenters. The van der Waals surface area contributed by atoms with Gasteiger partial charge in [-0.3, -0.25) is 4.98 Å². The fraction of sp³-hybridized carbons (Fsp3) is 0.188. The number of nitrogens with two attached hydrogens (primary N) is 1. The Hall–Kier alpha value is -3.16. The smallest absolute Gasteiger partial charge is 0.348 e. The van der Waals surface area contributed by atoms with Gasteiger partial charge in [0.15, 0.2) is 0 Å². The molecule has 0 amide bonds. The van der Waals surface area contributed by atoms with Crippen molar-refractivity contribution in [3.63, 3.8) is 0 Å². The summed E-state index contributed by atoms with van der Waals surface area (Å²) in [5.74, 6) is -1.46. The molecular formula is C16H15FN4O3. The first-order valence-electron chi connectivity index (χ1n) is 7.13. The third-order valence-electron chi connectivity index (χ3n) is 3.87. The minimum absolute atomic E-state index is 0.0562. The van der Waals surface area contributed by atoms with Crippen LogP contribution in [0.15, 0.2) is 40.3 Å². The molecule has 8 heteroatoms. The van der Waals surface area contributed by atoms with Crippen LogP contribution in [0, 0.1) is 5.82 Å². The number of carbonyl (C=O) groups excluding carboxylic acids is 1. The van der Waals surface area contributed by atoms with Crippen molar-refractivity contribution in [3.8, 4) is 0 Å². The number of methoxy groups -OCH3 is 1. The molecule has 0 saturated heterocycles. The van der Waals surface area contributed by atoms with Gasteiger partial charge in [-0.1, -0.05) is 12.1 Å². The summed E-state index contributed by atoms with van der Waals surface area (Å²) in [5.41, 5.74) is 6.96. The summed E-state index contributed by atoms with van der Waals surface area (Å²) in [6, 6.07) is 5.81. The second-order valence-electron chi connectivity index (χ2n) is 5.36. The van der Waals surface area contributed by atoms with Gasteiger partial charge in [-0.2, -0.15) is 4.98 Å². The molecule has 1 aliphatic heterocycles. The third-order valence-corrected chi connectivity index (χ3v) is 3.87. The monoisotopic (exact) mass is 330 g/mol. The number of hydrogen-bond donors (Lipinski definition) is 3. The van der Waals surface area contributed by atoms with E-state index in [1.165, 1.54) is 25.3 Å². The number of H-pyrrole nitrogens is 1. The van der Waals surface area contributed by atoms with Crippen LogP contribution >= 0.6 is 0 Å². The molecule has 0 saturated carbocycles. The van der Waals surface area contributed by atoms with Gasteiger partial charge in [-0.25, -0.2) is 14.0 Å². The Morgan fingerprint density at radius 3 is 2.83 bits per heavy atom. The van der Waals surface area contributed by atoms with E-state index in [0.717, 1.165) is 0 Å². The van der Waals surface area contributed by atoms with E-state index in [1.807, 2.05) is 0 Å². The maximum absolute atomic E-state index is 13.7. The summed E-state index contributed by atoms with van der Waals surface area (Å²) in [7, 11) is 1.26. The summed E-state index contributed by atoms with van der Waals surface area (Å²) in [6.45, 7) is 1.65. The Labute approximate surface area is 136 Å². The van der Waals surface area contributed by atoms with Gasteiger partial charge in [0.1, 0.15) is 17.5 Å². The highest BCUT2D eigenvalue weighted by Crippen LogP contribution is 2.42. The lowest BCUT2D eigenvalue weighted by Gasteiger charge is -2.29. The van der Waals surface area contributed by atoms with Crippen molar-refractivity contribution < 1.29 is 13.9 Å². The van der Waals surface area contributed by atoms with Crippen LogP contribution in [0.1, 0.15) is 24.0 Å². The Bertz CT molecular complexity index is 920. The van der Waals surface area contributed by atoms with Gasteiger partial charge < -0.3 is 15.8 Å². The molecule has 0 fully saturated rings. The van der Waals surface area contributed by atoms with Crippen molar-refractivity contribution in [1.82, 2.24) is 9.97 Å². The maximum Gasteiger partial charge on any atom is 0.348 e. The van der Waals surface area contributed by atoms with Gasteiger partial charge in [0.25, 0.3) is 0 Å². The second-order valence-corrected chi connectivity index (χ2v) is 5.36. The standard InChI is InChI=1S/C16H15FN4O3/c1-7-10(15(22)24-2)11(8-4-3-5-9(17)6-8)12-13(18)20-16(23)21-14(12)19-7/h3-6,11H,1-2H3,(H4,18,19,20,21,23). The third kappa shape index (κ3) is 2.51. The van der Waals surface area contributed by atoms with Crippen LogP contribution < -0.4 is 16.7 Å². The Morgan fingerprint density at radius 1 is 1.42 bits per heavy atom. The lowest BCUT2D eigenvalue weighted by atomic mass is 9.82. The van der Waals surface area contributed by atoms with Gasteiger partial charge in [0.2, 0.25) is 0 Å². The SMILES string of the molecule is COC(=O)C1=C(C)Nc2nc(=O)[nH]c(N)c2C1c1cccc(F)c1. The highest BCUT2D eigenvalue weighted by molar-refractivity contribution is 5.95. The maximum atomic E-state index is 13.7. The van der Waals surface area contributed by atoms with Gasteiger partial charge in [0.05, 0.1) is 18.6 Å². The molecule has 24 heavy (non-hydrogen) atoms. The average molecular weight is 330 g/mol. The van der Waals surface area contributed by atoms with E-state index >= 15 is 0 Å². The first-order chi connectivity index (χ1) is 11.4. The number of carbonyl (C=O) groups is 1. The molecule has 124 valence electrons. The fourth-order valence-corrected chi connectivity index (χ4v) is 2.89. The number of benzene rings is 1. The molecule has 0 bridgehead atoms. The molecule has 4 N–H and O–H groups in total. The number of nitrogens with zero attached hydrogens (tertiary/aromatic N) is 1. The molecule has 1 unspecified atom stereocenters. The summed E-state index contributed by atoms with van der Waals surface area (Å²) < 4.78 is 18.6. The summed E-state index contributed by atoms with van der Waals surface area (Å²) in [6.07, 6.45) is 0. The zero-order valence-electron chi connectivity index (χ0n) is 13.0. The van der Waals surface area contributed by atoms with E-state index < -0.39 is 23.4 Å². The molecule has 2 aromatic rings. The van der Waals surface area contributed by atoms with Crippen LogP contribution in [0.25, 0.3) is 0 Å². The van der Waals surface area contributed by atoms with E-state index in [2.05, 4.69) is 15.3 Å². The lowest BCUT2D eigenvalue weighted by molar-refractivity contribution is -0.136. The molecule has 0 spiro atoms. The fourth-order valence-electron chi connectivity index (χ4n) is 2.89. The van der Waals surface area contributed by atoms with Gasteiger partial charge in [-0.05, 0) is 24.6 Å². The highest BCUT2D eigenvalue weighted by atomic mass is 19.1. The quantitative estimate of drug-likeness (QED) is 0.720. The number of halogens is 1. The number of nitrogens with one attached hydrogen (secondary N) is 2. The molecule has 3 rings (SSSR count). The predicted molar refractivity (Wildman–Crippen MR) is 85.9 cm³/mol. The van der Waals surface area contributed by atoms with Crippen molar-refractivity contribution in [2.45, 2.75) is 12.8 Å². The molecule has 1 aliphatic rings. The lowest BCUT2D eigenvalue weighted by Crippen LogP contribution is -2.28. The first kappa shape index (κ1) is 15.7. The second kappa shape index (κ2) is 5.80. The molecule has 2 heterocycles. The number of nitrogen functional groups attached to an aromatic ring is 1. The van der Waals surface area contributed by atoms with Crippen LogP contribution in [0.5, 0.6) is 0 Å². The average Bonchev–Trinajstić information content (AvgIpc) is 2.52. The van der Waals surface area contributed by atoms with Crippen molar-refractivity contribution >= 4 is 17.6 Å². The highest BCUT2D eigenvalue weighted by Gasteiger charge is 2.35. The number of esters is 1. The predicted octanol–water partition coefficient (Wildman–Crippen LogP) is 1.50. The van der Waals surface area contributed by atoms with Crippen LogP contribution in [-0.4, -0.2) is 23.0 Å². The number of hydrogen-bond acceptors (Lipinski definition) is 6. The normalized spacial score (nSPS) is 16.4. The molecule has 1 aromatic carbocycles. The van der Waals surface area contributed by atoms with Crippen LogP contribution in [0.4, 0.5) is 16.0 Å². The van der Waals surface area contributed by atoms with E-state index in [9.17, 15) is 14.0 Å². The largest absolute Gasteiger partial charge is 0.466 e. The molecular weight excluding hydrogens is 315 g/mol. The van der Waals surface area contributed by atoms with Gasteiger partial charge in [-0.15, -0.1) is 0 Å². The number of aromatic nitrogens is 2. The molecule has 1 aromatic heterocycles. The summed E-state index contributed by atoms with van der Waals surface area (Å²) in [4.78, 5) is 30.1. The first-order valence-corrected chi connectivity index (χ1v) is 7.13. The van der Waals surface area contributed by atoms with Gasteiger partial charge >= 0.3 is 11.7 Å². The van der Waals surface area contributed by atoms with E-state index in [-0.39, 0.29) is 17.2 Å². The topological polar surface area (TPSA) is 110 Å². The van der Waals surface area contributed by atoms with Crippen LogP contribution in [0.2, 0.25) is 0 Å². The number of anilines is 2. The van der Waals surface area contributed by atoms with E-state index in [0.29, 0.717) is 16.8 Å². The number of aromatic amines is 1. The summed E-state index contributed by atoms with van der Waals surface area (Å²) in [5, 5.41) is 2.90. The number of fused-ring (bicyclic) bond motifs is 1. The van der Waals surface area contributed by atoms with Crippen molar-refractivity contribution in [2.75, 3.05) is 18.2 Å². The zero-order chi connectivity index (χ0) is 17.4.